The molecule has 0 bridgehead atoms. The molecule has 0 spiro atoms. The van der Waals surface area contributed by atoms with Crippen LogP contribution in [-0.2, 0) is 30.3 Å². The SMILES string of the molecule is CC(C)(C(N)=O)C(C=O)N=CCCNc1nc(Nc2cccc(CCNC(=O)C3CCC(=O)O3)c2)ncc1Br. The number of halogens is 1. The smallest absolute Gasteiger partial charge is 0.306 e. The van der Waals surface area contributed by atoms with Crippen LogP contribution in [0.1, 0.15) is 38.7 Å². The minimum absolute atomic E-state index is 0.272. The number of nitrogens with two attached hydrogens (primary N) is 1. The van der Waals surface area contributed by atoms with Crippen molar-refractivity contribution < 1.29 is 23.9 Å². The lowest BCUT2D eigenvalue weighted by molar-refractivity contribution is -0.148. The number of aliphatic imine (C=N–C) groups is 1. The molecule has 1 aromatic carbocycles. The summed E-state index contributed by atoms with van der Waals surface area (Å²) in [6.07, 6.45) is 4.90. The number of carbonyl (C=O) groups excluding carboxylic acids is 4. The fourth-order valence-electron chi connectivity index (χ4n) is 3.62. The summed E-state index contributed by atoms with van der Waals surface area (Å²) in [6, 6.07) is 6.81. The topological polar surface area (TPSA) is 178 Å². The van der Waals surface area contributed by atoms with Crippen LogP contribution in [0, 0.1) is 5.41 Å². The number of aldehydes is 1. The van der Waals surface area contributed by atoms with E-state index in [-0.39, 0.29) is 18.3 Å². The first-order valence-electron chi connectivity index (χ1n) is 12.5. The molecule has 0 radical (unpaired) electrons. The van der Waals surface area contributed by atoms with Crippen LogP contribution >= 0.6 is 15.9 Å². The Morgan fingerprint density at radius 3 is 2.82 bits per heavy atom. The predicted molar refractivity (Wildman–Crippen MR) is 150 cm³/mol. The van der Waals surface area contributed by atoms with E-state index in [4.69, 9.17) is 10.5 Å². The molecule has 13 heteroatoms. The molecule has 208 valence electrons. The highest BCUT2D eigenvalue weighted by atomic mass is 79.9. The van der Waals surface area contributed by atoms with Gasteiger partial charge in [-0.25, -0.2) is 4.98 Å². The van der Waals surface area contributed by atoms with Gasteiger partial charge in [0.1, 0.15) is 18.1 Å². The molecule has 2 unspecified atom stereocenters. The van der Waals surface area contributed by atoms with Gasteiger partial charge in [0.2, 0.25) is 11.9 Å². The summed E-state index contributed by atoms with van der Waals surface area (Å²) in [5, 5.41) is 9.17. The molecule has 1 aromatic heterocycles. The molecular weight excluding hydrogens is 570 g/mol. The molecule has 1 aliphatic heterocycles. The minimum Gasteiger partial charge on any atom is -0.452 e. The standard InChI is InChI=1S/C26H32BrN7O5/c1-26(2,24(28)38)20(15-35)29-10-4-11-30-22-18(27)14-32-25(34-22)33-17-6-3-5-16(13-17)9-12-31-23(37)19-7-8-21(36)39-19/h3,5-6,10,13-15,19-20H,4,7-9,11-12H2,1-2H3,(H2,28,38)(H,31,37)(H2,30,32,33,34). The number of aromatic nitrogens is 2. The second-order valence-corrected chi connectivity index (χ2v) is 10.3. The van der Waals surface area contributed by atoms with Gasteiger partial charge in [0.05, 0.1) is 9.89 Å². The second-order valence-electron chi connectivity index (χ2n) is 9.49. The van der Waals surface area contributed by atoms with Gasteiger partial charge in [-0.05, 0) is 60.3 Å². The number of hydrogen-bond donors (Lipinski definition) is 4. The van der Waals surface area contributed by atoms with Crippen molar-refractivity contribution in [2.24, 2.45) is 16.1 Å². The van der Waals surface area contributed by atoms with Crippen LogP contribution in [0.3, 0.4) is 0 Å². The first kappa shape index (κ1) is 29.7. The number of rotatable bonds is 14. The zero-order chi connectivity index (χ0) is 28.4. The van der Waals surface area contributed by atoms with Gasteiger partial charge in [-0.3, -0.25) is 19.4 Å². The van der Waals surface area contributed by atoms with Gasteiger partial charge in [0, 0.05) is 44.0 Å². The highest BCUT2D eigenvalue weighted by Crippen LogP contribution is 2.23. The summed E-state index contributed by atoms with van der Waals surface area (Å²) in [4.78, 5) is 59.2. The maximum atomic E-state index is 12.1. The van der Waals surface area contributed by atoms with Crippen LogP contribution in [0.5, 0.6) is 0 Å². The third kappa shape index (κ3) is 8.57. The molecule has 1 fully saturated rings. The monoisotopic (exact) mass is 601 g/mol. The molecular formula is C26H32BrN7O5. The van der Waals surface area contributed by atoms with Crippen molar-refractivity contribution >= 4 is 63.7 Å². The van der Waals surface area contributed by atoms with E-state index in [1.807, 2.05) is 24.3 Å². The van der Waals surface area contributed by atoms with Crippen molar-refractivity contribution in [3.8, 4) is 0 Å². The minimum atomic E-state index is -1.07. The first-order chi connectivity index (χ1) is 18.6. The van der Waals surface area contributed by atoms with E-state index in [1.165, 1.54) is 0 Å². The Labute approximate surface area is 234 Å². The van der Waals surface area contributed by atoms with E-state index < -0.39 is 23.5 Å². The quantitative estimate of drug-likeness (QED) is 0.109. The molecule has 2 atom stereocenters. The molecule has 2 aromatic rings. The number of primary amides is 1. The maximum Gasteiger partial charge on any atom is 0.306 e. The van der Waals surface area contributed by atoms with E-state index in [0.29, 0.717) is 54.9 Å². The van der Waals surface area contributed by atoms with Crippen LogP contribution in [0.2, 0.25) is 0 Å². The fourth-order valence-corrected chi connectivity index (χ4v) is 3.95. The molecule has 12 nitrogen and oxygen atoms in total. The predicted octanol–water partition coefficient (Wildman–Crippen LogP) is 2.30. The third-order valence-corrected chi connectivity index (χ3v) is 6.73. The lowest BCUT2D eigenvalue weighted by atomic mass is 9.85. The van der Waals surface area contributed by atoms with Crippen LogP contribution in [0.25, 0.3) is 0 Å². The number of nitrogens with zero attached hydrogens (tertiary/aromatic N) is 3. The fraction of sp³-hybridized carbons (Fsp3) is 0.423. The Bertz CT molecular complexity index is 1240. The average Bonchev–Trinajstić information content (AvgIpc) is 3.34. The summed E-state index contributed by atoms with van der Waals surface area (Å²) in [7, 11) is 0. The molecule has 39 heavy (non-hydrogen) atoms. The molecule has 3 rings (SSSR count). The van der Waals surface area contributed by atoms with Gasteiger partial charge in [-0.2, -0.15) is 4.98 Å². The van der Waals surface area contributed by atoms with Gasteiger partial charge < -0.3 is 31.2 Å². The number of nitrogens with one attached hydrogen (secondary N) is 3. The van der Waals surface area contributed by atoms with E-state index in [2.05, 4.69) is 46.8 Å². The van der Waals surface area contributed by atoms with Crippen LogP contribution in [0.15, 0.2) is 39.9 Å². The summed E-state index contributed by atoms with van der Waals surface area (Å²) in [5.74, 6) is -0.262. The van der Waals surface area contributed by atoms with E-state index in [9.17, 15) is 19.2 Å². The second kappa shape index (κ2) is 13.8. The average molecular weight is 602 g/mol. The summed E-state index contributed by atoms with van der Waals surface area (Å²) in [5.41, 5.74) is 6.07. The zero-order valence-electron chi connectivity index (χ0n) is 21.8. The Morgan fingerprint density at radius 2 is 2.13 bits per heavy atom. The van der Waals surface area contributed by atoms with Crippen molar-refractivity contribution in [3.05, 3.63) is 40.5 Å². The highest BCUT2D eigenvalue weighted by Gasteiger charge is 2.34. The number of hydrogen-bond acceptors (Lipinski definition) is 10. The Balaban J connectivity index is 1.50. The Kier molecular flexibility index (Phi) is 10.5. The van der Waals surface area contributed by atoms with Gasteiger partial charge in [-0.15, -0.1) is 0 Å². The Morgan fingerprint density at radius 1 is 1.33 bits per heavy atom. The first-order valence-corrected chi connectivity index (χ1v) is 13.3. The summed E-state index contributed by atoms with van der Waals surface area (Å²) >= 11 is 3.43. The molecule has 2 heterocycles. The van der Waals surface area contributed by atoms with Gasteiger partial charge in [-0.1, -0.05) is 12.1 Å². The molecule has 0 aliphatic carbocycles. The number of anilines is 3. The van der Waals surface area contributed by atoms with Crippen molar-refractivity contribution in [2.75, 3.05) is 23.7 Å². The highest BCUT2D eigenvalue weighted by molar-refractivity contribution is 9.10. The van der Waals surface area contributed by atoms with E-state index in [0.717, 1.165) is 11.3 Å². The third-order valence-electron chi connectivity index (χ3n) is 6.15. The van der Waals surface area contributed by atoms with Crippen molar-refractivity contribution in [2.45, 2.75) is 51.7 Å². The van der Waals surface area contributed by atoms with Gasteiger partial charge in [0.25, 0.3) is 5.91 Å². The van der Waals surface area contributed by atoms with Gasteiger partial charge in [0.15, 0.2) is 6.10 Å². The van der Waals surface area contributed by atoms with Gasteiger partial charge >= 0.3 is 5.97 Å². The number of cyclic esters (lactones) is 1. The summed E-state index contributed by atoms with van der Waals surface area (Å²) < 4.78 is 5.65. The van der Waals surface area contributed by atoms with Crippen molar-refractivity contribution in [3.63, 3.8) is 0 Å². The number of amides is 2. The van der Waals surface area contributed by atoms with E-state index >= 15 is 0 Å². The number of carbonyl (C=O) groups is 4. The normalized spacial score (nSPS) is 16.0. The lowest BCUT2D eigenvalue weighted by Crippen LogP contribution is -2.41. The lowest BCUT2D eigenvalue weighted by Gasteiger charge is -2.23. The molecule has 1 saturated heterocycles. The van der Waals surface area contributed by atoms with Crippen LogP contribution < -0.4 is 21.7 Å². The number of benzene rings is 1. The van der Waals surface area contributed by atoms with Crippen molar-refractivity contribution in [1.82, 2.24) is 15.3 Å². The van der Waals surface area contributed by atoms with Crippen LogP contribution in [-0.4, -0.2) is 65.5 Å². The van der Waals surface area contributed by atoms with Crippen molar-refractivity contribution in [1.29, 1.82) is 0 Å². The molecule has 5 N–H and O–H groups in total. The maximum absolute atomic E-state index is 12.1. The Hall–Kier alpha value is -3.87. The molecule has 2 amide bonds. The molecule has 1 aliphatic rings. The molecule has 0 saturated carbocycles. The summed E-state index contributed by atoms with van der Waals surface area (Å²) in [6.45, 7) is 4.06. The van der Waals surface area contributed by atoms with Crippen LogP contribution in [0.4, 0.5) is 17.5 Å². The zero-order valence-corrected chi connectivity index (χ0v) is 23.4. The number of esters is 1. The van der Waals surface area contributed by atoms with E-state index in [1.54, 1.807) is 26.3 Å². The largest absolute Gasteiger partial charge is 0.452 e. The number of ether oxygens (including phenoxy) is 1.